The molecule has 1 fully saturated rings. The molecule has 0 saturated carbocycles. The molecule has 0 amide bonds. The van der Waals surface area contributed by atoms with Gasteiger partial charge in [0.25, 0.3) is 0 Å². The maximum atomic E-state index is 12.6. The van der Waals surface area contributed by atoms with Crippen LogP contribution in [0.15, 0.2) is 23.1 Å². The molecule has 7 heteroatoms. The van der Waals surface area contributed by atoms with Gasteiger partial charge in [0.15, 0.2) is 0 Å². The normalized spacial score (nSPS) is 18.1. The van der Waals surface area contributed by atoms with Crippen LogP contribution in [0.2, 0.25) is 0 Å². The van der Waals surface area contributed by atoms with E-state index in [2.05, 4.69) is 0 Å². The van der Waals surface area contributed by atoms with Crippen LogP contribution in [0.5, 0.6) is 5.75 Å². The third kappa shape index (κ3) is 2.89. The Hall–Kier alpha value is -1.31. The van der Waals surface area contributed by atoms with Gasteiger partial charge in [-0.15, -0.1) is 0 Å². The first-order chi connectivity index (χ1) is 9.48. The Morgan fingerprint density at radius 3 is 2.60 bits per heavy atom. The first-order valence-corrected chi connectivity index (χ1v) is 7.97. The quantitative estimate of drug-likeness (QED) is 0.797. The molecule has 0 atom stereocenters. The van der Waals surface area contributed by atoms with Crippen molar-refractivity contribution in [1.82, 2.24) is 4.31 Å². The molecule has 1 aromatic rings. The van der Waals surface area contributed by atoms with Gasteiger partial charge in [0.05, 0.1) is 7.11 Å². The maximum absolute atomic E-state index is 12.6. The Morgan fingerprint density at radius 2 is 2.05 bits per heavy atom. The van der Waals surface area contributed by atoms with Crippen molar-refractivity contribution in [1.29, 1.82) is 0 Å². The van der Waals surface area contributed by atoms with Gasteiger partial charge in [-0.1, -0.05) is 0 Å². The van der Waals surface area contributed by atoms with Gasteiger partial charge in [0.2, 0.25) is 10.0 Å². The highest BCUT2D eigenvalue weighted by Crippen LogP contribution is 2.31. The van der Waals surface area contributed by atoms with E-state index in [1.165, 1.54) is 17.5 Å². The highest BCUT2D eigenvalue weighted by atomic mass is 32.2. The van der Waals surface area contributed by atoms with E-state index >= 15 is 0 Å². The number of rotatable bonds is 4. The van der Waals surface area contributed by atoms with E-state index in [4.69, 9.17) is 15.6 Å². The van der Waals surface area contributed by atoms with Crippen LogP contribution in [0, 0.1) is 5.92 Å². The summed E-state index contributed by atoms with van der Waals surface area (Å²) in [6.07, 6.45) is 1.33. The summed E-state index contributed by atoms with van der Waals surface area (Å²) in [6, 6.07) is 4.59. The fraction of sp³-hybridized carbons (Fsp3) is 0.538. The lowest BCUT2D eigenvalue weighted by atomic mass is 10.00. The molecule has 0 aromatic heterocycles. The summed E-state index contributed by atoms with van der Waals surface area (Å²) in [5, 5.41) is 9.11. The van der Waals surface area contributed by atoms with E-state index in [1.807, 2.05) is 0 Å². The van der Waals surface area contributed by atoms with Crippen molar-refractivity contribution in [3.8, 4) is 5.75 Å². The number of nitrogens with two attached hydrogens (primary N) is 1. The largest absolute Gasteiger partial charge is 0.495 e. The molecule has 1 aliphatic rings. The monoisotopic (exact) mass is 300 g/mol. The van der Waals surface area contributed by atoms with E-state index in [9.17, 15) is 8.42 Å². The van der Waals surface area contributed by atoms with Crippen molar-refractivity contribution in [3.05, 3.63) is 18.2 Å². The maximum Gasteiger partial charge on any atom is 0.246 e. The molecular weight excluding hydrogens is 280 g/mol. The third-order valence-electron chi connectivity index (χ3n) is 3.64. The Bertz CT molecular complexity index is 566. The Balaban J connectivity index is 2.29. The summed E-state index contributed by atoms with van der Waals surface area (Å²) in [5.74, 6) is 0.479. The third-order valence-corrected chi connectivity index (χ3v) is 5.56. The summed E-state index contributed by atoms with van der Waals surface area (Å²) in [6.45, 7) is 0.923. The second kappa shape index (κ2) is 5.99. The number of benzene rings is 1. The minimum Gasteiger partial charge on any atom is -0.495 e. The summed E-state index contributed by atoms with van der Waals surface area (Å²) in [5.41, 5.74) is 6.06. The number of hydrogen-bond donors (Lipinski definition) is 2. The van der Waals surface area contributed by atoms with Gasteiger partial charge >= 0.3 is 0 Å². The van der Waals surface area contributed by atoms with Gasteiger partial charge in [-0.2, -0.15) is 4.31 Å². The van der Waals surface area contributed by atoms with Crippen molar-refractivity contribution in [2.45, 2.75) is 17.7 Å². The van der Waals surface area contributed by atoms with Crippen LogP contribution in [-0.2, 0) is 10.0 Å². The average Bonchev–Trinajstić information content (AvgIpc) is 2.47. The molecule has 0 unspecified atom stereocenters. The number of hydrogen-bond acceptors (Lipinski definition) is 5. The smallest absolute Gasteiger partial charge is 0.246 e. The fourth-order valence-electron chi connectivity index (χ4n) is 2.37. The van der Waals surface area contributed by atoms with E-state index in [0.29, 0.717) is 37.4 Å². The number of aliphatic hydroxyl groups excluding tert-OH is 1. The second-order valence-electron chi connectivity index (χ2n) is 4.94. The predicted octanol–water partition coefficient (Wildman–Crippen LogP) is 0.670. The van der Waals surface area contributed by atoms with Gasteiger partial charge in [-0.05, 0) is 37.0 Å². The molecule has 6 nitrogen and oxygen atoms in total. The van der Waals surface area contributed by atoms with Gasteiger partial charge in [-0.3, -0.25) is 0 Å². The standard InChI is InChI=1S/C13H20N2O4S/c1-19-12-3-2-11(14)8-13(12)20(17,18)15-6-4-10(9-16)5-7-15/h2-3,8,10,16H,4-7,9,14H2,1H3. The topological polar surface area (TPSA) is 92.9 Å². The molecule has 0 aliphatic carbocycles. The van der Waals surface area contributed by atoms with Crippen LogP contribution in [0.1, 0.15) is 12.8 Å². The minimum absolute atomic E-state index is 0.0995. The Kier molecular flexibility index (Phi) is 4.52. The number of nitrogen functional groups attached to an aromatic ring is 1. The zero-order valence-electron chi connectivity index (χ0n) is 11.4. The number of ether oxygens (including phenoxy) is 1. The van der Waals surface area contributed by atoms with Crippen molar-refractivity contribution >= 4 is 15.7 Å². The van der Waals surface area contributed by atoms with Gasteiger partial charge < -0.3 is 15.6 Å². The zero-order chi connectivity index (χ0) is 14.8. The van der Waals surface area contributed by atoms with Crippen LogP contribution >= 0.6 is 0 Å². The number of anilines is 1. The lowest BCUT2D eigenvalue weighted by Crippen LogP contribution is -2.39. The van der Waals surface area contributed by atoms with Crippen LogP contribution in [-0.4, -0.2) is 44.6 Å². The van der Waals surface area contributed by atoms with Crippen molar-refractivity contribution in [2.24, 2.45) is 5.92 Å². The first-order valence-electron chi connectivity index (χ1n) is 6.53. The summed E-state index contributed by atoms with van der Waals surface area (Å²) < 4.78 is 31.8. The molecule has 112 valence electrons. The number of piperidine rings is 1. The molecule has 1 aliphatic heterocycles. The zero-order valence-corrected chi connectivity index (χ0v) is 12.3. The molecule has 1 aromatic carbocycles. The summed E-state index contributed by atoms with van der Waals surface area (Å²) in [7, 11) is -2.18. The number of sulfonamides is 1. The van der Waals surface area contributed by atoms with Gasteiger partial charge in [-0.25, -0.2) is 8.42 Å². The molecule has 20 heavy (non-hydrogen) atoms. The SMILES string of the molecule is COc1ccc(N)cc1S(=O)(=O)N1CCC(CO)CC1. The van der Waals surface area contributed by atoms with Gasteiger partial charge in [0, 0.05) is 25.4 Å². The molecule has 1 heterocycles. The highest BCUT2D eigenvalue weighted by molar-refractivity contribution is 7.89. The predicted molar refractivity (Wildman–Crippen MR) is 76.0 cm³/mol. The number of nitrogens with zero attached hydrogens (tertiary/aromatic N) is 1. The number of methoxy groups -OCH3 is 1. The molecule has 2 rings (SSSR count). The van der Waals surface area contributed by atoms with Crippen molar-refractivity contribution in [2.75, 3.05) is 32.5 Å². The van der Waals surface area contributed by atoms with E-state index in [1.54, 1.807) is 12.1 Å². The second-order valence-corrected chi connectivity index (χ2v) is 6.85. The average molecular weight is 300 g/mol. The molecule has 0 spiro atoms. The summed E-state index contributed by atoms with van der Waals surface area (Å²) >= 11 is 0. The molecule has 0 radical (unpaired) electrons. The van der Waals surface area contributed by atoms with Crippen molar-refractivity contribution < 1.29 is 18.3 Å². The van der Waals surface area contributed by atoms with Crippen LogP contribution < -0.4 is 10.5 Å². The Labute approximate surface area is 119 Å². The highest BCUT2D eigenvalue weighted by Gasteiger charge is 2.31. The van der Waals surface area contributed by atoms with Crippen LogP contribution in [0.25, 0.3) is 0 Å². The molecule has 3 N–H and O–H groups in total. The number of aliphatic hydroxyl groups is 1. The molecular formula is C13H20N2O4S. The van der Waals surface area contributed by atoms with E-state index < -0.39 is 10.0 Å². The summed E-state index contributed by atoms with van der Waals surface area (Å²) in [4.78, 5) is 0.0995. The van der Waals surface area contributed by atoms with Crippen LogP contribution in [0.4, 0.5) is 5.69 Å². The lowest BCUT2D eigenvalue weighted by Gasteiger charge is -2.30. The molecule has 0 bridgehead atoms. The van der Waals surface area contributed by atoms with Crippen LogP contribution in [0.3, 0.4) is 0 Å². The Morgan fingerprint density at radius 1 is 1.40 bits per heavy atom. The van der Waals surface area contributed by atoms with E-state index in [0.717, 1.165) is 0 Å². The minimum atomic E-state index is -3.61. The van der Waals surface area contributed by atoms with Crippen molar-refractivity contribution in [3.63, 3.8) is 0 Å². The first kappa shape index (κ1) is 15.1. The lowest BCUT2D eigenvalue weighted by molar-refractivity contribution is 0.170. The molecule has 1 saturated heterocycles. The van der Waals surface area contributed by atoms with E-state index in [-0.39, 0.29) is 17.4 Å². The van der Waals surface area contributed by atoms with Gasteiger partial charge in [0.1, 0.15) is 10.6 Å². The fourth-order valence-corrected chi connectivity index (χ4v) is 4.03.